The van der Waals surface area contributed by atoms with Crippen LogP contribution in [0.25, 0.3) is 11.6 Å². The number of allylic oxidation sites excluding steroid dienone is 2. The van der Waals surface area contributed by atoms with Crippen LogP contribution in [0.5, 0.6) is 5.75 Å². The minimum atomic E-state index is -4.69. The largest absolute Gasteiger partial charge is 0.502 e. The highest BCUT2D eigenvalue weighted by Gasteiger charge is 2.37. The Morgan fingerprint density at radius 2 is 1.90 bits per heavy atom. The topological polar surface area (TPSA) is 55.8 Å². The Morgan fingerprint density at radius 3 is 2.58 bits per heavy atom. The van der Waals surface area contributed by atoms with Gasteiger partial charge in [0, 0.05) is 11.4 Å². The van der Waals surface area contributed by atoms with Gasteiger partial charge in [-0.2, -0.15) is 13.2 Å². The lowest BCUT2D eigenvalue weighted by molar-refractivity contribution is -0.137. The molecule has 0 spiro atoms. The minimum absolute atomic E-state index is 0.0963. The van der Waals surface area contributed by atoms with E-state index in [0.29, 0.717) is 47.4 Å². The van der Waals surface area contributed by atoms with Gasteiger partial charge in [-0.3, -0.25) is 4.31 Å². The van der Waals surface area contributed by atoms with Gasteiger partial charge in [-0.15, -0.1) is 0 Å². The van der Waals surface area contributed by atoms with Crippen LogP contribution in [-0.2, 0) is 20.9 Å². The van der Waals surface area contributed by atoms with E-state index in [-0.39, 0.29) is 12.2 Å². The van der Waals surface area contributed by atoms with Crippen LogP contribution in [0, 0.1) is 0 Å². The van der Waals surface area contributed by atoms with Gasteiger partial charge in [0.15, 0.2) is 0 Å². The maximum Gasteiger partial charge on any atom is 0.416 e. The van der Waals surface area contributed by atoms with Crippen LogP contribution in [0.15, 0.2) is 84.0 Å². The minimum Gasteiger partial charge on any atom is -0.502 e. The van der Waals surface area contributed by atoms with Crippen LogP contribution < -0.4 is 9.04 Å². The summed E-state index contributed by atoms with van der Waals surface area (Å²) in [6.45, 7) is 5.69. The second kappa shape index (κ2) is 12.0. The molecule has 0 bridgehead atoms. The molecular formula is C30H29ClF3NO4S. The number of fused-ring (bicyclic) bond motifs is 1. The van der Waals surface area contributed by atoms with E-state index in [4.69, 9.17) is 21.1 Å². The van der Waals surface area contributed by atoms with E-state index in [2.05, 4.69) is 6.58 Å². The van der Waals surface area contributed by atoms with Crippen molar-refractivity contribution in [3.63, 3.8) is 0 Å². The first kappa shape index (κ1) is 29.6. The molecule has 10 heteroatoms. The van der Waals surface area contributed by atoms with Crippen molar-refractivity contribution in [2.45, 2.75) is 43.4 Å². The van der Waals surface area contributed by atoms with Crippen LogP contribution in [0.1, 0.15) is 42.9 Å². The second-order valence-electron chi connectivity index (χ2n) is 9.31. The maximum absolute atomic E-state index is 13.9. The van der Waals surface area contributed by atoms with Gasteiger partial charge in [0.1, 0.15) is 11.9 Å². The predicted octanol–water partition coefficient (Wildman–Crippen LogP) is 8.21. The van der Waals surface area contributed by atoms with Crippen molar-refractivity contribution in [1.29, 1.82) is 0 Å². The molecule has 0 saturated carbocycles. The van der Waals surface area contributed by atoms with E-state index < -0.39 is 32.8 Å². The molecule has 40 heavy (non-hydrogen) atoms. The summed E-state index contributed by atoms with van der Waals surface area (Å²) < 4.78 is 80.3. The summed E-state index contributed by atoms with van der Waals surface area (Å²) in [5, 5.41) is 0.589. The molecule has 0 radical (unpaired) electrons. The first-order valence-electron chi connectivity index (χ1n) is 12.6. The zero-order valence-electron chi connectivity index (χ0n) is 22.0. The molecule has 3 aromatic carbocycles. The number of methoxy groups -OCH3 is 1. The van der Waals surface area contributed by atoms with Crippen molar-refractivity contribution >= 4 is 39.0 Å². The van der Waals surface area contributed by atoms with Crippen molar-refractivity contribution in [3.8, 4) is 5.75 Å². The van der Waals surface area contributed by atoms with Crippen LogP contribution in [0.2, 0.25) is 5.02 Å². The Morgan fingerprint density at radius 1 is 1.15 bits per heavy atom. The highest BCUT2D eigenvalue weighted by atomic mass is 35.5. The van der Waals surface area contributed by atoms with Gasteiger partial charge in [0.05, 0.1) is 35.6 Å². The Kier molecular flexibility index (Phi) is 8.85. The number of nitrogens with zero attached hydrogens (tertiary/aromatic N) is 1. The molecule has 1 aliphatic rings. The summed E-state index contributed by atoms with van der Waals surface area (Å²) in [5.41, 5.74) is 1.68. The molecule has 5 nitrogen and oxygen atoms in total. The van der Waals surface area contributed by atoms with E-state index in [1.54, 1.807) is 24.3 Å². The van der Waals surface area contributed by atoms with Crippen molar-refractivity contribution in [2.24, 2.45) is 0 Å². The van der Waals surface area contributed by atoms with Crippen molar-refractivity contribution in [1.82, 2.24) is 0 Å². The van der Waals surface area contributed by atoms with E-state index in [9.17, 15) is 21.6 Å². The summed E-state index contributed by atoms with van der Waals surface area (Å²) in [4.78, 5) is -0.457. The number of halogens is 4. The third-order valence-corrected chi connectivity index (χ3v) is 8.74. The molecule has 0 aromatic heterocycles. The van der Waals surface area contributed by atoms with E-state index in [1.165, 1.54) is 7.11 Å². The Labute approximate surface area is 237 Å². The quantitative estimate of drug-likeness (QED) is 0.186. The molecule has 0 fully saturated rings. The number of benzene rings is 3. The van der Waals surface area contributed by atoms with Gasteiger partial charge in [-0.1, -0.05) is 61.5 Å². The zero-order chi connectivity index (χ0) is 29.1. The lowest BCUT2D eigenvalue weighted by Crippen LogP contribution is -2.43. The van der Waals surface area contributed by atoms with Crippen molar-refractivity contribution < 1.29 is 31.1 Å². The fourth-order valence-corrected chi connectivity index (χ4v) is 6.28. The monoisotopic (exact) mass is 591 g/mol. The predicted molar refractivity (Wildman–Crippen MR) is 152 cm³/mol. The molecule has 0 amide bonds. The van der Waals surface area contributed by atoms with Crippen LogP contribution in [0.4, 0.5) is 18.9 Å². The van der Waals surface area contributed by atoms with Crippen molar-refractivity contribution in [2.75, 3.05) is 18.0 Å². The number of alkyl halides is 3. The molecule has 3 aromatic rings. The molecule has 1 unspecified atom stereocenters. The first-order valence-corrected chi connectivity index (χ1v) is 14.4. The number of sulfonamides is 1. The fraction of sp³-hybridized carbons (Fsp3) is 0.267. The van der Waals surface area contributed by atoms with E-state index >= 15 is 0 Å². The summed E-state index contributed by atoms with van der Waals surface area (Å²) in [6, 6.07) is 16.3. The lowest BCUT2D eigenvalue weighted by Gasteiger charge is -2.36. The normalized spacial score (nSPS) is 15.8. The molecule has 1 heterocycles. The molecule has 4 rings (SSSR count). The summed E-state index contributed by atoms with van der Waals surface area (Å²) in [6.07, 6.45) is -1.87. The Balaban J connectivity index is 1.79. The zero-order valence-corrected chi connectivity index (χ0v) is 23.6. The number of hydrogen-bond donors (Lipinski definition) is 0. The highest BCUT2D eigenvalue weighted by Crippen LogP contribution is 2.40. The van der Waals surface area contributed by atoms with Crippen LogP contribution in [-0.4, -0.2) is 28.2 Å². The van der Waals surface area contributed by atoms with E-state index in [0.717, 1.165) is 33.6 Å². The number of rotatable bonds is 9. The molecular weight excluding hydrogens is 563 g/mol. The van der Waals surface area contributed by atoms with E-state index in [1.807, 2.05) is 31.2 Å². The van der Waals surface area contributed by atoms with Crippen LogP contribution in [0.3, 0.4) is 0 Å². The molecule has 0 saturated heterocycles. The number of ether oxygens (including phenoxy) is 2. The summed E-state index contributed by atoms with van der Waals surface area (Å²) in [7, 11) is -2.90. The lowest BCUT2D eigenvalue weighted by atomic mass is 10.00. The highest BCUT2D eigenvalue weighted by molar-refractivity contribution is 7.92. The number of anilines is 1. The molecule has 1 aliphatic heterocycles. The molecule has 0 N–H and O–H groups in total. The smallest absolute Gasteiger partial charge is 0.416 e. The van der Waals surface area contributed by atoms with Crippen molar-refractivity contribution in [3.05, 3.63) is 101 Å². The Hall–Kier alpha value is -3.43. The second-order valence-corrected chi connectivity index (χ2v) is 11.6. The molecule has 212 valence electrons. The van der Waals surface area contributed by atoms with Crippen LogP contribution >= 0.6 is 11.6 Å². The SMILES string of the molecule is C=C(CCC1CN(S(=O)(=O)c2cccc(C(F)(F)F)c2)c2cc(C=C(CC)c3ccccc3Cl)ccc2O1)OC. The van der Waals surface area contributed by atoms with Gasteiger partial charge in [-0.05, 0) is 65.9 Å². The average Bonchev–Trinajstić information content (AvgIpc) is 2.94. The van der Waals surface area contributed by atoms with Gasteiger partial charge in [0.25, 0.3) is 10.0 Å². The first-order chi connectivity index (χ1) is 18.9. The fourth-order valence-electron chi connectivity index (χ4n) is 4.47. The standard InChI is InChI=1S/C30H29ClF3NO4S/c1-4-22(26-10-5-6-11-27(26)31)16-21-13-15-29-28(17-21)35(19-24(39-29)14-12-20(2)38-3)40(36,37)25-9-7-8-23(18-25)30(32,33)34/h5-11,13,15-18,24H,2,4,12,14,19H2,1,3H3. The average molecular weight is 592 g/mol. The number of hydrogen-bond acceptors (Lipinski definition) is 4. The van der Waals surface area contributed by atoms with Gasteiger partial charge < -0.3 is 9.47 Å². The summed E-state index contributed by atoms with van der Waals surface area (Å²) >= 11 is 6.41. The molecule has 1 atom stereocenters. The molecule has 0 aliphatic carbocycles. The third kappa shape index (κ3) is 6.47. The van der Waals surface area contributed by atoms with Gasteiger partial charge in [0.2, 0.25) is 0 Å². The Bertz CT molecular complexity index is 1540. The maximum atomic E-state index is 13.9. The summed E-state index contributed by atoms with van der Waals surface area (Å²) in [5.74, 6) is 0.816. The van der Waals surface area contributed by atoms with Gasteiger partial charge >= 0.3 is 6.18 Å². The third-order valence-electron chi connectivity index (χ3n) is 6.64. The van der Waals surface area contributed by atoms with Gasteiger partial charge in [-0.25, -0.2) is 8.42 Å².